The minimum absolute atomic E-state index is 0.671. The van der Waals surface area contributed by atoms with E-state index in [1.165, 1.54) is 0 Å². The third-order valence-electron chi connectivity index (χ3n) is 0.166. The molecule has 0 bridgehead atoms. The second-order valence-corrected chi connectivity index (χ2v) is 120. The standard InChI is InChI=1S/2H2N.6Pt/h2*1H2;;;;;;/q2*-1;;;;;2*+1. The van der Waals surface area contributed by atoms with Crippen molar-refractivity contribution in [3.63, 3.8) is 0 Å². The van der Waals surface area contributed by atoms with Crippen LogP contribution >= 0.6 is 0 Å². The summed E-state index contributed by atoms with van der Waals surface area (Å²) >= 11 is 1.62. The molecule has 2 nitrogen and oxygen atoms in total. The van der Waals surface area contributed by atoms with Crippen LogP contribution in [0, 0.1) is 0 Å². The van der Waals surface area contributed by atoms with Crippen LogP contribution in [0.5, 0.6) is 0 Å². The summed E-state index contributed by atoms with van der Waals surface area (Å²) < 4.78 is 12.0. The molecule has 8 heavy (non-hydrogen) atoms. The summed E-state index contributed by atoms with van der Waals surface area (Å²) in [4.78, 5) is 0. The van der Waals surface area contributed by atoms with Crippen LogP contribution in [0.1, 0.15) is 0 Å². The van der Waals surface area contributed by atoms with Crippen LogP contribution in [0.15, 0.2) is 0 Å². The molecule has 74 valence electrons. The van der Waals surface area contributed by atoms with Gasteiger partial charge in [-0.05, 0) is 0 Å². The first-order valence-corrected chi connectivity index (χ1v) is 43.2. The van der Waals surface area contributed by atoms with Crippen molar-refractivity contribution in [2.75, 3.05) is 0 Å². The maximum absolute atomic E-state index is 6.00. The van der Waals surface area contributed by atoms with Gasteiger partial charge in [-0.25, -0.2) is 0 Å². The van der Waals surface area contributed by atoms with Gasteiger partial charge >= 0.3 is 82.0 Å². The van der Waals surface area contributed by atoms with Gasteiger partial charge in [-0.1, -0.05) is 0 Å². The van der Waals surface area contributed by atoms with Crippen LogP contribution in [0.25, 0.3) is 0 Å². The number of hydrogen-bond acceptors (Lipinski definition) is 2. The maximum atomic E-state index is 6.00. The van der Waals surface area contributed by atoms with Crippen molar-refractivity contribution in [1.82, 2.24) is 0 Å². The molecule has 1 heterocycles. The fourth-order valence-corrected chi connectivity index (χ4v) is 801. The average molecular weight is 1200 g/mol. The van der Waals surface area contributed by atoms with Gasteiger partial charge in [0.1, 0.15) is 0 Å². The third kappa shape index (κ3) is 3.63. The zero-order valence-corrected chi connectivity index (χ0v) is 16.7. The van der Waals surface area contributed by atoms with E-state index in [2.05, 4.69) is 0 Å². The van der Waals surface area contributed by atoms with Crippen molar-refractivity contribution >= 4 is 0 Å². The fourth-order valence-electron chi connectivity index (χ4n) is 0.0421. The zero-order valence-electron chi connectivity index (χ0n) is 3.05. The first kappa shape index (κ1) is 10.1. The monoisotopic (exact) mass is 1200 g/mol. The molecule has 0 saturated carbocycles. The molecule has 0 aromatic heterocycles. The topological polar surface area (TPSA) is 52.0 Å². The van der Waals surface area contributed by atoms with E-state index >= 15 is 0 Å². The SMILES string of the molecule is [NH2][Pt]1[Pt][Pt][Pt][Pt][Pt]1[NH2]. The van der Waals surface area contributed by atoms with E-state index in [1.54, 1.807) is 0 Å². The van der Waals surface area contributed by atoms with E-state index in [0.717, 1.165) is 25.1 Å². The quantitative estimate of drug-likeness (QED) is 0.321. The summed E-state index contributed by atoms with van der Waals surface area (Å²) in [5.74, 6) is 0. The van der Waals surface area contributed by atoms with E-state index in [1.807, 2.05) is 0 Å². The van der Waals surface area contributed by atoms with Crippen LogP contribution in [-0.4, -0.2) is 0 Å². The summed E-state index contributed by atoms with van der Waals surface area (Å²) in [5.41, 5.74) is 0. The number of hydrogen-bond donors (Lipinski definition) is 2. The Morgan fingerprint density at radius 3 is 1.50 bits per heavy atom. The molecular weight excluding hydrogens is 1200 g/mol. The Hall–Kier alpha value is 4.05. The van der Waals surface area contributed by atoms with Crippen LogP contribution in [-0.2, 0) is 73.4 Å². The summed E-state index contributed by atoms with van der Waals surface area (Å²) in [6.07, 6.45) is 0. The first-order valence-electron chi connectivity index (χ1n) is 0.965. The van der Waals surface area contributed by atoms with Crippen molar-refractivity contribution in [2.24, 2.45) is 8.58 Å². The molecule has 1 rings (SSSR count). The Morgan fingerprint density at radius 2 is 1.25 bits per heavy atom. The number of rotatable bonds is 0. The van der Waals surface area contributed by atoms with Gasteiger partial charge in [0.2, 0.25) is 0 Å². The van der Waals surface area contributed by atoms with Crippen LogP contribution in [0.4, 0.5) is 0 Å². The second-order valence-electron chi connectivity index (χ2n) is 0.421. The molecule has 4 N–H and O–H groups in total. The summed E-state index contributed by atoms with van der Waals surface area (Å²) in [5, 5.41) is 0. The van der Waals surface area contributed by atoms with E-state index in [0.29, 0.717) is 25.1 Å². The minimum atomic E-state index is -0.675. The summed E-state index contributed by atoms with van der Waals surface area (Å²) in [6.45, 7) is 0. The van der Waals surface area contributed by atoms with E-state index < -0.39 is 23.1 Å². The van der Waals surface area contributed by atoms with Crippen LogP contribution in [0.3, 0.4) is 0 Å². The zero-order chi connectivity index (χ0) is 5.98. The second kappa shape index (κ2) is 5.65. The predicted octanol–water partition coefficient (Wildman–Crippen LogP) is -1.20. The first-order chi connectivity index (χ1) is 3.80. The van der Waals surface area contributed by atoms with Gasteiger partial charge < -0.3 is 0 Å². The number of nitrogens with two attached hydrogens (primary N) is 2. The molecule has 0 aliphatic carbocycles. The average Bonchev–Trinajstić information content (AvgIpc) is 1.77. The van der Waals surface area contributed by atoms with E-state index in [9.17, 15) is 0 Å². The van der Waals surface area contributed by atoms with Crippen molar-refractivity contribution in [2.45, 2.75) is 0 Å². The summed E-state index contributed by atoms with van der Waals surface area (Å²) in [7, 11) is 0. The van der Waals surface area contributed by atoms with Gasteiger partial charge in [0, 0.05) is 0 Å². The molecule has 1 saturated heterocycles. The van der Waals surface area contributed by atoms with Gasteiger partial charge in [-0.15, -0.1) is 0 Å². The van der Waals surface area contributed by atoms with Gasteiger partial charge in [-0.2, -0.15) is 0 Å². The summed E-state index contributed by atoms with van der Waals surface area (Å²) in [6, 6.07) is 0. The van der Waals surface area contributed by atoms with Gasteiger partial charge in [0.25, 0.3) is 0 Å². The molecule has 0 radical (unpaired) electrons. The van der Waals surface area contributed by atoms with Crippen LogP contribution in [0.2, 0.25) is 0 Å². The molecule has 0 atom stereocenters. The fraction of sp³-hybridized carbons (Fsp3) is 0. The Labute approximate surface area is 79.3 Å². The molecule has 1 aliphatic heterocycles. The Kier molecular flexibility index (Phi) is 7.16. The molecule has 0 unspecified atom stereocenters. The molecule has 0 spiro atoms. The normalized spacial score (nSPS) is 34.8. The molecule has 1 aliphatic rings. The molecular formula is H4N2Pt6. The van der Waals surface area contributed by atoms with Crippen LogP contribution < -0.4 is 8.58 Å². The Morgan fingerprint density at radius 1 is 0.875 bits per heavy atom. The van der Waals surface area contributed by atoms with Crippen molar-refractivity contribution in [1.29, 1.82) is 0 Å². The molecule has 0 aromatic rings. The van der Waals surface area contributed by atoms with Crippen molar-refractivity contribution < 1.29 is 73.4 Å². The predicted molar refractivity (Wildman–Crippen MR) is 8.37 cm³/mol. The van der Waals surface area contributed by atoms with E-state index in [4.69, 9.17) is 8.58 Å². The molecule has 8 heteroatoms. The molecule has 0 amide bonds. The van der Waals surface area contributed by atoms with Crippen molar-refractivity contribution in [3.8, 4) is 0 Å². The Balaban J connectivity index is 2.28. The van der Waals surface area contributed by atoms with Gasteiger partial charge in [-0.3, -0.25) is 0 Å². The molecule has 1 fully saturated rings. The van der Waals surface area contributed by atoms with E-state index in [-0.39, 0.29) is 0 Å². The van der Waals surface area contributed by atoms with Gasteiger partial charge in [0.15, 0.2) is 0 Å². The van der Waals surface area contributed by atoms with Crippen molar-refractivity contribution in [3.05, 3.63) is 0 Å². The third-order valence-corrected chi connectivity index (χ3v) is 312. The van der Waals surface area contributed by atoms with Gasteiger partial charge in [0.05, 0.1) is 0 Å². The Bertz CT molecular complexity index is 62.9. The molecule has 0 aromatic carbocycles.